The lowest BCUT2D eigenvalue weighted by Crippen LogP contribution is -2.43. The van der Waals surface area contributed by atoms with Gasteiger partial charge in [-0.1, -0.05) is 18.2 Å². The number of anilines is 2. The number of para-hydroxylation sites is 1. The van der Waals surface area contributed by atoms with Crippen molar-refractivity contribution in [2.75, 3.05) is 37.0 Å². The van der Waals surface area contributed by atoms with E-state index >= 15 is 0 Å². The van der Waals surface area contributed by atoms with E-state index in [2.05, 4.69) is 11.8 Å². The van der Waals surface area contributed by atoms with E-state index in [0.29, 0.717) is 18.5 Å². The zero-order valence-corrected chi connectivity index (χ0v) is 15.6. The van der Waals surface area contributed by atoms with E-state index in [-0.39, 0.29) is 11.8 Å². The largest absolute Gasteiger partial charge is 0.375 e. The highest BCUT2D eigenvalue weighted by Gasteiger charge is 2.37. The van der Waals surface area contributed by atoms with Gasteiger partial charge in [0.1, 0.15) is 6.04 Å². The Balaban J connectivity index is 1.72. The molecular formula is C21H25N3O2. The van der Waals surface area contributed by atoms with Crippen LogP contribution in [0.2, 0.25) is 0 Å². The molecule has 0 radical (unpaired) electrons. The summed E-state index contributed by atoms with van der Waals surface area (Å²) >= 11 is 0. The monoisotopic (exact) mass is 351 g/mol. The van der Waals surface area contributed by atoms with Gasteiger partial charge in [-0.3, -0.25) is 9.59 Å². The van der Waals surface area contributed by atoms with E-state index in [0.717, 1.165) is 17.9 Å². The van der Waals surface area contributed by atoms with Crippen LogP contribution in [-0.4, -0.2) is 49.9 Å². The molecule has 1 saturated heterocycles. The third kappa shape index (κ3) is 3.43. The number of hydrogen-bond acceptors (Lipinski definition) is 3. The Hall–Kier alpha value is -2.82. The zero-order valence-electron chi connectivity index (χ0n) is 15.6. The Morgan fingerprint density at radius 2 is 1.73 bits per heavy atom. The van der Waals surface area contributed by atoms with Crippen molar-refractivity contribution < 1.29 is 9.59 Å². The predicted molar refractivity (Wildman–Crippen MR) is 105 cm³/mol. The second-order valence-electron chi connectivity index (χ2n) is 6.61. The molecule has 0 bridgehead atoms. The molecule has 1 fully saturated rings. The highest BCUT2D eigenvalue weighted by molar-refractivity contribution is 6.03. The van der Waals surface area contributed by atoms with Crippen LogP contribution >= 0.6 is 0 Å². The fraction of sp³-hybridized carbons (Fsp3) is 0.333. The quantitative estimate of drug-likeness (QED) is 0.832. The first-order valence-electron chi connectivity index (χ1n) is 8.97. The van der Waals surface area contributed by atoms with Crippen molar-refractivity contribution in [1.29, 1.82) is 0 Å². The Morgan fingerprint density at radius 3 is 2.35 bits per heavy atom. The number of likely N-dealkylation sites (N-methyl/N-ethyl adjacent to an activating group) is 1. The molecule has 5 nitrogen and oxygen atoms in total. The first-order valence-corrected chi connectivity index (χ1v) is 8.97. The van der Waals surface area contributed by atoms with Gasteiger partial charge in [0.2, 0.25) is 5.91 Å². The van der Waals surface area contributed by atoms with Gasteiger partial charge in [-0.05, 0) is 49.7 Å². The molecule has 1 unspecified atom stereocenters. The lowest BCUT2D eigenvalue weighted by molar-refractivity contribution is -0.120. The number of carbonyl (C=O) groups is 2. The van der Waals surface area contributed by atoms with Crippen molar-refractivity contribution in [2.24, 2.45) is 0 Å². The molecule has 26 heavy (non-hydrogen) atoms. The minimum atomic E-state index is -0.416. The molecule has 0 aromatic heterocycles. The molecule has 3 rings (SSSR count). The molecule has 5 heteroatoms. The maximum Gasteiger partial charge on any atom is 0.254 e. The van der Waals surface area contributed by atoms with Crippen LogP contribution in [0.4, 0.5) is 11.4 Å². The van der Waals surface area contributed by atoms with E-state index in [4.69, 9.17) is 0 Å². The van der Waals surface area contributed by atoms with Gasteiger partial charge in [0, 0.05) is 44.1 Å². The summed E-state index contributed by atoms with van der Waals surface area (Å²) in [5.74, 6) is -0.140. The van der Waals surface area contributed by atoms with Gasteiger partial charge in [0.15, 0.2) is 0 Å². The number of benzene rings is 2. The summed E-state index contributed by atoms with van der Waals surface area (Å²) in [5.41, 5.74) is 2.55. The number of rotatable bonds is 5. The van der Waals surface area contributed by atoms with Crippen LogP contribution in [0.1, 0.15) is 23.7 Å². The van der Waals surface area contributed by atoms with Crippen molar-refractivity contribution in [2.45, 2.75) is 19.4 Å². The van der Waals surface area contributed by atoms with Gasteiger partial charge < -0.3 is 14.7 Å². The normalized spacial score (nSPS) is 16.7. The average molecular weight is 351 g/mol. The van der Waals surface area contributed by atoms with Crippen LogP contribution in [0, 0.1) is 0 Å². The Bertz CT molecular complexity index is 774. The molecule has 136 valence electrons. The summed E-state index contributed by atoms with van der Waals surface area (Å²) in [4.78, 5) is 31.0. The lowest BCUT2D eigenvalue weighted by Gasteiger charge is -2.24. The minimum absolute atomic E-state index is 0.0191. The van der Waals surface area contributed by atoms with Crippen LogP contribution in [0.5, 0.6) is 0 Å². The lowest BCUT2D eigenvalue weighted by atomic mass is 10.1. The molecule has 0 saturated carbocycles. The van der Waals surface area contributed by atoms with Crippen LogP contribution in [0.3, 0.4) is 0 Å². The molecule has 2 amide bonds. The third-order valence-corrected chi connectivity index (χ3v) is 5.06. The summed E-state index contributed by atoms with van der Waals surface area (Å²) in [6.07, 6.45) is 0.645. The van der Waals surface area contributed by atoms with E-state index < -0.39 is 6.04 Å². The van der Waals surface area contributed by atoms with Crippen molar-refractivity contribution in [1.82, 2.24) is 4.90 Å². The summed E-state index contributed by atoms with van der Waals surface area (Å²) in [6.45, 7) is 3.61. The molecule has 1 heterocycles. The SMILES string of the molecule is CCN(C)c1ccc(C(=O)N(C)C2CCN(c3ccccc3)C2=O)cc1. The van der Waals surface area contributed by atoms with E-state index in [1.165, 1.54) is 0 Å². The molecular weight excluding hydrogens is 326 g/mol. The van der Waals surface area contributed by atoms with Crippen molar-refractivity contribution >= 4 is 23.2 Å². The first kappa shape index (κ1) is 18.0. The predicted octanol–water partition coefficient (Wildman–Crippen LogP) is 3.02. The van der Waals surface area contributed by atoms with Gasteiger partial charge >= 0.3 is 0 Å². The smallest absolute Gasteiger partial charge is 0.254 e. The summed E-state index contributed by atoms with van der Waals surface area (Å²) in [6, 6.07) is 16.7. The van der Waals surface area contributed by atoms with Gasteiger partial charge in [-0.25, -0.2) is 0 Å². The maximum atomic E-state index is 12.8. The fourth-order valence-electron chi connectivity index (χ4n) is 3.27. The maximum absolute atomic E-state index is 12.8. The van der Waals surface area contributed by atoms with Crippen LogP contribution in [-0.2, 0) is 4.79 Å². The second kappa shape index (κ2) is 7.60. The number of carbonyl (C=O) groups excluding carboxylic acids is 2. The molecule has 0 N–H and O–H groups in total. The van der Waals surface area contributed by atoms with Crippen molar-refractivity contribution in [3.8, 4) is 0 Å². The molecule has 2 aromatic rings. The second-order valence-corrected chi connectivity index (χ2v) is 6.61. The number of hydrogen-bond donors (Lipinski definition) is 0. The molecule has 1 atom stereocenters. The van der Waals surface area contributed by atoms with Crippen LogP contribution in [0.15, 0.2) is 54.6 Å². The zero-order chi connectivity index (χ0) is 18.7. The van der Waals surface area contributed by atoms with Gasteiger partial charge in [-0.15, -0.1) is 0 Å². The third-order valence-electron chi connectivity index (χ3n) is 5.06. The van der Waals surface area contributed by atoms with E-state index in [1.807, 2.05) is 61.6 Å². The summed E-state index contributed by atoms with van der Waals surface area (Å²) in [5, 5.41) is 0. The molecule has 0 spiro atoms. The Labute approximate surface area is 154 Å². The molecule has 1 aliphatic heterocycles. The van der Waals surface area contributed by atoms with Crippen LogP contribution in [0.25, 0.3) is 0 Å². The summed E-state index contributed by atoms with van der Waals surface area (Å²) < 4.78 is 0. The van der Waals surface area contributed by atoms with Gasteiger partial charge in [0.05, 0.1) is 0 Å². The summed E-state index contributed by atoms with van der Waals surface area (Å²) in [7, 11) is 3.73. The fourth-order valence-corrected chi connectivity index (χ4v) is 3.27. The highest BCUT2D eigenvalue weighted by Crippen LogP contribution is 2.25. The Kier molecular flexibility index (Phi) is 5.26. The topological polar surface area (TPSA) is 43.9 Å². The highest BCUT2D eigenvalue weighted by atomic mass is 16.2. The standard InChI is InChI=1S/C21H25N3O2/c1-4-22(2)17-12-10-16(11-13-17)20(25)23(3)19-14-15-24(21(19)26)18-8-6-5-7-9-18/h5-13,19H,4,14-15H2,1-3H3. The van der Waals surface area contributed by atoms with E-state index in [1.54, 1.807) is 16.8 Å². The van der Waals surface area contributed by atoms with E-state index in [9.17, 15) is 9.59 Å². The number of nitrogens with zero attached hydrogens (tertiary/aromatic N) is 3. The van der Waals surface area contributed by atoms with Crippen LogP contribution < -0.4 is 9.80 Å². The molecule has 2 aromatic carbocycles. The van der Waals surface area contributed by atoms with Gasteiger partial charge in [-0.2, -0.15) is 0 Å². The number of amides is 2. The Morgan fingerprint density at radius 1 is 1.08 bits per heavy atom. The molecule has 1 aliphatic rings. The minimum Gasteiger partial charge on any atom is -0.375 e. The van der Waals surface area contributed by atoms with Crippen molar-refractivity contribution in [3.63, 3.8) is 0 Å². The van der Waals surface area contributed by atoms with Crippen molar-refractivity contribution in [3.05, 3.63) is 60.2 Å². The molecule has 0 aliphatic carbocycles. The average Bonchev–Trinajstić information content (AvgIpc) is 3.08. The first-order chi connectivity index (χ1) is 12.5. The van der Waals surface area contributed by atoms with Gasteiger partial charge in [0.25, 0.3) is 5.91 Å².